The van der Waals surface area contributed by atoms with Crippen molar-refractivity contribution in [3.8, 4) is 0 Å². The van der Waals surface area contributed by atoms with Crippen molar-refractivity contribution < 1.29 is 23.2 Å². The molecule has 7 heteroatoms. The first-order chi connectivity index (χ1) is 6.32. The third kappa shape index (κ3) is 2.40. The molecule has 0 atom stereocenters. The van der Waals surface area contributed by atoms with E-state index in [2.05, 4.69) is 0 Å². The fraction of sp³-hybridized carbons (Fsp3) is 0.143. The van der Waals surface area contributed by atoms with E-state index in [9.17, 15) is 13.2 Å². The molecule has 0 aliphatic carbocycles. The summed E-state index contributed by atoms with van der Waals surface area (Å²) < 4.78 is 36.7. The predicted octanol–water partition coefficient (Wildman–Crippen LogP) is 1.04. The van der Waals surface area contributed by atoms with Gasteiger partial charge in [0.05, 0.1) is 10.6 Å². The van der Waals surface area contributed by atoms with Gasteiger partial charge in [-0.1, -0.05) is 17.7 Å². The van der Waals surface area contributed by atoms with Crippen molar-refractivity contribution in [1.82, 2.24) is 0 Å². The SMILES string of the molecule is OB(O)c1ccc(Cl)c(C(F)(F)F)c1. The van der Waals surface area contributed by atoms with Crippen molar-refractivity contribution in [2.24, 2.45) is 0 Å². The van der Waals surface area contributed by atoms with Gasteiger partial charge in [-0.15, -0.1) is 0 Å². The molecule has 1 aromatic rings. The van der Waals surface area contributed by atoms with Crippen molar-refractivity contribution in [3.63, 3.8) is 0 Å². The Kier molecular flexibility index (Phi) is 3.09. The zero-order chi connectivity index (χ0) is 10.9. The lowest BCUT2D eigenvalue weighted by atomic mass is 9.79. The molecular weight excluding hydrogens is 219 g/mol. The lowest BCUT2D eigenvalue weighted by molar-refractivity contribution is -0.137. The van der Waals surface area contributed by atoms with Gasteiger partial charge < -0.3 is 10.0 Å². The van der Waals surface area contributed by atoms with Crippen molar-refractivity contribution in [3.05, 3.63) is 28.8 Å². The Morgan fingerprint density at radius 3 is 2.21 bits per heavy atom. The lowest BCUT2D eigenvalue weighted by Gasteiger charge is -2.10. The van der Waals surface area contributed by atoms with E-state index in [4.69, 9.17) is 21.6 Å². The Bertz CT molecular complexity index is 340. The molecule has 0 saturated carbocycles. The molecule has 0 aliphatic rings. The van der Waals surface area contributed by atoms with Crippen LogP contribution in [0.2, 0.25) is 5.02 Å². The van der Waals surface area contributed by atoms with E-state index < -0.39 is 23.9 Å². The number of rotatable bonds is 1. The highest BCUT2D eigenvalue weighted by Gasteiger charge is 2.34. The average Bonchev–Trinajstić information content (AvgIpc) is 2.02. The quantitative estimate of drug-likeness (QED) is 0.700. The van der Waals surface area contributed by atoms with Gasteiger partial charge in [0.2, 0.25) is 0 Å². The number of hydrogen-bond donors (Lipinski definition) is 2. The highest BCUT2D eigenvalue weighted by Crippen LogP contribution is 2.33. The Hall–Kier alpha value is -0.715. The van der Waals surface area contributed by atoms with Crippen LogP contribution in [0.5, 0.6) is 0 Å². The van der Waals surface area contributed by atoms with Gasteiger partial charge in [-0.3, -0.25) is 0 Å². The molecule has 1 aromatic carbocycles. The topological polar surface area (TPSA) is 40.5 Å². The van der Waals surface area contributed by atoms with Gasteiger partial charge in [0.1, 0.15) is 0 Å². The van der Waals surface area contributed by atoms with Crippen LogP contribution in [0.15, 0.2) is 18.2 Å². The first-order valence-corrected chi connectivity index (χ1v) is 3.93. The van der Waals surface area contributed by atoms with Crippen molar-refractivity contribution in [1.29, 1.82) is 0 Å². The summed E-state index contributed by atoms with van der Waals surface area (Å²) in [6.07, 6.45) is -4.60. The fourth-order valence-electron chi connectivity index (χ4n) is 0.921. The zero-order valence-electron chi connectivity index (χ0n) is 6.72. The third-order valence-corrected chi connectivity index (χ3v) is 1.92. The van der Waals surface area contributed by atoms with E-state index in [1.165, 1.54) is 0 Å². The summed E-state index contributed by atoms with van der Waals surface area (Å²) in [6, 6.07) is 2.69. The molecule has 0 bridgehead atoms. The Labute approximate surface area is 83.1 Å². The predicted molar refractivity (Wildman–Crippen MR) is 46.3 cm³/mol. The van der Waals surface area contributed by atoms with Crippen LogP contribution in [0, 0.1) is 0 Å². The van der Waals surface area contributed by atoms with E-state index in [1.54, 1.807) is 0 Å². The Balaban J connectivity index is 3.22. The molecule has 2 N–H and O–H groups in total. The summed E-state index contributed by atoms with van der Waals surface area (Å²) >= 11 is 5.30. The second kappa shape index (κ2) is 3.80. The molecule has 2 nitrogen and oxygen atoms in total. The van der Waals surface area contributed by atoms with Crippen LogP contribution in [0.3, 0.4) is 0 Å². The summed E-state index contributed by atoms with van der Waals surface area (Å²) in [5.74, 6) is 0. The standard InChI is InChI=1S/C7H5BClF3O2/c9-6-2-1-4(8(13)14)3-5(6)7(10,11)12/h1-3,13-14H. The Morgan fingerprint density at radius 1 is 1.21 bits per heavy atom. The molecule has 0 aliphatic heterocycles. The summed E-state index contributed by atoms with van der Waals surface area (Å²) in [4.78, 5) is 0. The molecule has 0 saturated heterocycles. The minimum absolute atomic E-state index is 0.248. The molecule has 0 unspecified atom stereocenters. The molecular formula is C7H5BClF3O2. The van der Waals surface area contributed by atoms with Gasteiger partial charge in [0.25, 0.3) is 0 Å². The van der Waals surface area contributed by atoms with Crippen LogP contribution in [0.4, 0.5) is 13.2 Å². The molecule has 14 heavy (non-hydrogen) atoms. The summed E-state index contributed by atoms with van der Waals surface area (Å²) in [6.45, 7) is 0. The van der Waals surface area contributed by atoms with Crippen LogP contribution < -0.4 is 5.46 Å². The first kappa shape index (κ1) is 11.4. The number of benzene rings is 1. The summed E-state index contributed by atoms with van der Waals surface area (Å²) in [7, 11) is -1.94. The van der Waals surface area contributed by atoms with Gasteiger partial charge in [-0.25, -0.2) is 0 Å². The van der Waals surface area contributed by atoms with Gasteiger partial charge in [0.15, 0.2) is 0 Å². The van der Waals surface area contributed by atoms with Crippen LogP contribution in [0.25, 0.3) is 0 Å². The molecule has 0 fully saturated rings. The minimum atomic E-state index is -4.60. The van der Waals surface area contributed by atoms with E-state index >= 15 is 0 Å². The molecule has 0 aromatic heterocycles. The second-order valence-electron chi connectivity index (χ2n) is 2.61. The zero-order valence-corrected chi connectivity index (χ0v) is 7.47. The van der Waals surface area contributed by atoms with Gasteiger partial charge in [-0.2, -0.15) is 13.2 Å². The van der Waals surface area contributed by atoms with Gasteiger partial charge in [-0.05, 0) is 17.6 Å². The highest BCUT2D eigenvalue weighted by atomic mass is 35.5. The van der Waals surface area contributed by atoms with E-state index in [-0.39, 0.29) is 5.46 Å². The largest absolute Gasteiger partial charge is 0.488 e. The Morgan fingerprint density at radius 2 is 1.79 bits per heavy atom. The van der Waals surface area contributed by atoms with E-state index in [0.29, 0.717) is 6.07 Å². The van der Waals surface area contributed by atoms with Crippen LogP contribution in [-0.2, 0) is 6.18 Å². The second-order valence-corrected chi connectivity index (χ2v) is 3.02. The minimum Gasteiger partial charge on any atom is -0.423 e. The van der Waals surface area contributed by atoms with Crippen molar-refractivity contribution in [2.45, 2.75) is 6.18 Å². The van der Waals surface area contributed by atoms with Crippen LogP contribution >= 0.6 is 11.6 Å². The van der Waals surface area contributed by atoms with E-state index in [1.807, 2.05) is 0 Å². The van der Waals surface area contributed by atoms with Gasteiger partial charge >= 0.3 is 13.3 Å². The monoisotopic (exact) mass is 224 g/mol. The first-order valence-electron chi connectivity index (χ1n) is 3.55. The maximum absolute atomic E-state index is 12.2. The van der Waals surface area contributed by atoms with Crippen molar-refractivity contribution in [2.75, 3.05) is 0 Å². The number of hydrogen-bond acceptors (Lipinski definition) is 2. The molecule has 1 rings (SSSR count). The maximum Gasteiger partial charge on any atom is 0.488 e. The lowest BCUT2D eigenvalue weighted by Crippen LogP contribution is -2.30. The molecule has 0 amide bonds. The van der Waals surface area contributed by atoms with Gasteiger partial charge in [0, 0.05) is 0 Å². The normalized spacial score (nSPS) is 11.6. The van der Waals surface area contributed by atoms with Crippen molar-refractivity contribution >= 4 is 24.2 Å². The molecule has 76 valence electrons. The van der Waals surface area contributed by atoms with E-state index in [0.717, 1.165) is 12.1 Å². The van der Waals surface area contributed by atoms with Crippen LogP contribution in [-0.4, -0.2) is 17.2 Å². The molecule has 0 heterocycles. The maximum atomic E-state index is 12.2. The molecule has 0 spiro atoms. The summed E-state index contributed by atoms with van der Waals surface area (Å²) in [5, 5.41) is 16.8. The highest BCUT2D eigenvalue weighted by molar-refractivity contribution is 6.58. The number of halogens is 4. The third-order valence-electron chi connectivity index (χ3n) is 1.59. The summed E-state index contributed by atoms with van der Waals surface area (Å²) in [5.41, 5.74) is -1.33. The fourth-order valence-corrected chi connectivity index (χ4v) is 1.15. The average molecular weight is 224 g/mol. The smallest absolute Gasteiger partial charge is 0.423 e. The van der Waals surface area contributed by atoms with Crippen LogP contribution in [0.1, 0.15) is 5.56 Å². The molecule has 0 radical (unpaired) electrons. The number of alkyl halides is 3.